The Labute approximate surface area is 135 Å². The number of hydrogen-bond acceptors (Lipinski definition) is 4. The minimum absolute atomic E-state index is 0.0366. The Hall–Kier alpha value is -2.12. The summed E-state index contributed by atoms with van der Waals surface area (Å²) in [4.78, 5) is 27.4. The Kier molecular flexibility index (Phi) is 6.37. The number of benzene rings is 1. The zero-order chi connectivity index (χ0) is 16.7. The minimum atomic E-state index is -0.211. The quantitative estimate of drug-likeness (QED) is 0.678. The van der Waals surface area contributed by atoms with Gasteiger partial charge >= 0.3 is 6.03 Å². The van der Waals surface area contributed by atoms with Crippen LogP contribution in [0.25, 0.3) is 0 Å². The normalized spacial score (nSPS) is 14.4. The predicted octanol–water partition coefficient (Wildman–Crippen LogP) is 0.362. The van der Waals surface area contributed by atoms with E-state index in [0.29, 0.717) is 26.2 Å². The van der Waals surface area contributed by atoms with E-state index in [0.717, 1.165) is 11.3 Å². The van der Waals surface area contributed by atoms with E-state index in [1.54, 1.807) is 4.90 Å². The van der Waals surface area contributed by atoms with Crippen LogP contribution in [0, 0.1) is 6.92 Å². The molecule has 7 nitrogen and oxygen atoms in total. The van der Waals surface area contributed by atoms with Gasteiger partial charge in [-0.3, -0.25) is 9.69 Å². The number of aryl methyl sites for hydroxylation is 1. The van der Waals surface area contributed by atoms with Gasteiger partial charge in [-0.1, -0.05) is 17.7 Å². The molecule has 1 aromatic carbocycles. The second-order valence-corrected chi connectivity index (χ2v) is 5.38. The monoisotopic (exact) mass is 321 g/mol. The lowest BCUT2D eigenvalue weighted by Gasteiger charge is -2.18. The first kappa shape index (κ1) is 17.2. The summed E-state index contributed by atoms with van der Waals surface area (Å²) in [5.74, 6) is -0.211. The average molecular weight is 321 g/mol. The molecule has 0 spiro atoms. The SMILES string of the molecule is Cc1ccc(N2CCN(CC(=O)NCCOCCO)C2=O)cc1. The summed E-state index contributed by atoms with van der Waals surface area (Å²) in [6.45, 7) is 4.07. The Morgan fingerprint density at radius 2 is 2.00 bits per heavy atom. The first-order valence-electron chi connectivity index (χ1n) is 7.70. The van der Waals surface area contributed by atoms with Gasteiger partial charge in [0.05, 0.1) is 19.8 Å². The van der Waals surface area contributed by atoms with Crippen LogP contribution in [0.2, 0.25) is 0 Å². The van der Waals surface area contributed by atoms with Gasteiger partial charge in [-0.15, -0.1) is 0 Å². The molecule has 126 valence electrons. The van der Waals surface area contributed by atoms with Crippen LogP contribution in [0.3, 0.4) is 0 Å². The second kappa shape index (κ2) is 8.50. The standard InChI is InChI=1S/C16H23N3O4/c1-13-2-4-14(5-3-13)19-8-7-18(16(19)22)12-15(21)17-6-10-23-11-9-20/h2-5,20H,6-12H2,1H3,(H,17,21). The highest BCUT2D eigenvalue weighted by atomic mass is 16.5. The van der Waals surface area contributed by atoms with Crippen LogP contribution in [-0.4, -0.2) is 67.9 Å². The summed E-state index contributed by atoms with van der Waals surface area (Å²) >= 11 is 0. The number of aliphatic hydroxyl groups excluding tert-OH is 1. The largest absolute Gasteiger partial charge is 0.394 e. The molecule has 7 heteroatoms. The Morgan fingerprint density at radius 1 is 1.26 bits per heavy atom. The molecule has 0 aromatic heterocycles. The van der Waals surface area contributed by atoms with Crippen molar-refractivity contribution in [3.8, 4) is 0 Å². The summed E-state index contributed by atoms with van der Waals surface area (Å²) in [7, 11) is 0. The zero-order valence-electron chi connectivity index (χ0n) is 13.3. The molecule has 23 heavy (non-hydrogen) atoms. The highest BCUT2D eigenvalue weighted by Gasteiger charge is 2.30. The molecule has 3 amide bonds. The lowest BCUT2D eigenvalue weighted by molar-refractivity contribution is -0.121. The van der Waals surface area contributed by atoms with E-state index in [4.69, 9.17) is 9.84 Å². The molecule has 1 aromatic rings. The van der Waals surface area contributed by atoms with Crippen LogP contribution in [0.4, 0.5) is 10.5 Å². The molecule has 1 aliphatic rings. The average Bonchev–Trinajstić information content (AvgIpc) is 2.89. The molecule has 1 fully saturated rings. The summed E-state index contributed by atoms with van der Waals surface area (Å²) in [6, 6.07) is 7.60. The molecule has 2 rings (SSSR count). The molecule has 0 radical (unpaired) electrons. The van der Waals surface area contributed by atoms with E-state index in [1.165, 1.54) is 4.90 Å². The molecule has 1 saturated heterocycles. The Balaban J connectivity index is 1.78. The van der Waals surface area contributed by atoms with Crippen molar-refractivity contribution in [2.24, 2.45) is 0 Å². The number of aliphatic hydroxyl groups is 1. The lowest BCUT2D eigenvalue weighted by Crippen LogP contribution is -2.40. The number of amides is 3. The topological polar surface area (TPSA) is 82.1 Å². The fourth-order valence-corrected chi connectivity index (χ4v) is 2.35. The fourth-order valence-electron chi connectivity index (χ4n) is 2.35. The van der Waals surface area contributed by atoms with Crippen LogP contribution < -0.4 is 10.2 Å². The van der Waals surface area contributed by atoms with Gasteiger partial charge in [-0.25, -0.2) is 4.79 Å². The number of hydrogen-bond donors (Lipinski definition) is 2. The van der Waals surface area contributed by atoms with Crippen molar-refractivity contribution in [2.45, 2.75) is 6.92 Å². The van der Waals surface area contributed by atoms with Crippen LogP contribution >= 0.6 is 0 Å². The highest BCUT2D eigenvalue weighted by Crippen LogP contribution is 2.20. The molecular formula is C16H23N3O4. The maximum Gasteiger partial charge on any atom is 0.325 e. The first-order chi connectivity index (χ1) is 11.1. The summed E-state index contributed by atoms with van der Waals surface area (Å²) in [6.07, 6.45) is 0. The third-order valence-electron chi connectivity index (χ3n) is 3.58. The van der Waals surface area contributed by atoms with E-state index in [-0.39, 0.29) is 31.7 Å². The Bertz CT molecular complexity index is 533. The molecule has 0 atom stereocenters. The van der Waals surface area contributed by atoms with Crippen molar-refractivity contribution in [3.05, 3.63) is 29.8 Å². The van der Waals surface area contributed by atoms with Crippen LogP contribution in [0.5, 0.6) is 0 Å². The highest BCUT2D eigenvalue weighted by molar-refractivity contribution is 5.96. The van der Waals surface area contributed by atoms with E-state index in [1.807, 2.05) is 31.2 Å². The van der Waals surface area contributed by atoms with E-state index >= 15 is 0 Å². The summed E-state index contributed by atoms with van der Waals surface area (Å²) in [5, 5.41) is 11.3. The fraction of sp³-hybridized carbons (Fsp3) is 0.500. The second-order valence-electron chi connectivity index (χ2n) is 5.38. The third-order valence-corrected chi connectivity index (χ3v) is 3.58. The predicted molar refractivity (Wildman–Crippen MR) is 86.4 cm³/mol. The zero-order valence-corrected chi connectivity index (χ0v) is 13.3. The van der Waals surface area contributed by atoms with Gasteiger partial charge in [0.2, 0.25) is 5.91 Å². The van der Waals surface area contributed by atoms with E-state index < -0.39 is 0 Å². The van der Waals surface area contributed by atoms with Gasteiger partial charge in [0.1, 0.15) is 6.54 Å². The van der Waals surface area contributed by atoms with Gasteiger partial charge < -0.3 is 20.1 Å². The van der Waals surface area contributed by atoms with Gasteiger partial charge in [0, 0.05) is 25.3 Å². The minimum Gasteiger partial charge on any atom is -0.394 e. The molecule has 0 bridgehead atoms. The molecule has 0 saturated carbocycles. The number of rotatable bonds is 8. The number of nitrogens with zero attached hydrogens (tertiary/aromatic N) is 2. The number of ether oxygens (including phenoxy) is 1. The van der Waals surface area contributed by atoms with E-state index in [9.17, 15) is 9.59 Å². The van der Waals surface area contributed by atoms with Gasteiger partial charge in [-0.2, -0.15) is 0 Å². The molecule has 1 heterocycles. The number of urea groups is 1. The number of nitrogens with one attached hydrogen (secondary N) is 1. The van der Waals surface area contributed by atoms with Crippen molar-refractivity contribution in [2.75, 3.05) is 50.9 Å². The maximum absolute atomic E-state index is 12.4. The van der Waals surface area contributed by atoms with Gasteiger partial charge in [0.25, 0.3) is 0 Å². The van der Waals surface area contributed by atoms with Crippen LogP contribution in [-0.2, 0) is 9.53 Å². The van der Waals surface area contributed by atoms with Gasteiger partial charge in [0.15, 0.2) is 0 Å². The number of carbonyl (C=O) groups is 2. The Morgan fingerprint density at radius 3 is 2.70 bits per heavy atom. The molecule has 0 aliphatic carbocycles. The number of anilines is 1. The molecule has 2 N–H and O–H groups in total. The molecule has 0 unspecified atom stereocenters. The van der Waals surface area contributed by atoms with Crippen molar-refractivity contribution >= 4 is 17.6 Å². The van der Waals surface area contributed by atoms with Gasteiger partial charge in [-0.05, 0) is 19.1 Å². The van der Waals surface area contributed by atoms with Crippen LogP contribution in [0.15, 0.2) is 24.3 Å². The lowest BCUT2D eigenvalue weighted by atomic mass is 10.2. The molecule has 1 aliphatic heterocycles. The molecular weight excluding hydrogens is 298 g/mol. The summed E-state index contributed by atoms with van der Waals surface area (Å²) < 4.78 is 5.06. The van der Waals surface area contributed by atoms with Crippen LogP contribution in [0.1, 0.15) is 5.56 Å². The first-order valence-corrected chi connectivity index (χ1v) is 7.70. The summed E-state index contributed by atoms with van der Waals surface area (Å²) in [5.41, 5.74) is 1.99. The van der Waals surface area contributed by atoms with Crippen molar-refractivity contribution in [1.82, 2.24) is 10.2 Å². The van der Waals surface area contributed by atoms with E-state index in [2.05, 4.69) is 5.32 Å². The van der Waals surface area contributed by atoms with Crippen molar-refractivity contribution in [3.63, 3.8) is 0 Å². The van der Waals surface area contributed by atoms with Crippen molar-refractivity contribution < 1.29 is 19.4 Å². The smallest absolute Gasteiger partial charge is 0.325 e. The van der Waals surface area contributed by atoms with Crippen molar-refractivity contribution in [1.29, 1.82) is 0 Å². The number of carbonyl (C=O) groups excluding carboxylic acids is 2. The maximum atomic E-state index is 12.4. The third kappa shape index (κ3) is 4.94.